The molecule has 4 atom stereocenters. The van der Waals surface area contributed by atoms with E-state index in [9.17, 15) is 14.4 Å². The first-order valence-electron chi connectivity index (χ1n) is 13.4. The highest BCUT2D eigenvalue weighted by Crippen LogP contribution is 2.35. The highest BCUT2D eigenvalue weighted by Gasteiger charge is 2.49. The van der Waals surface area contributed by atoms with Crippen molar-refractivity contribution in [2.45, 2.75) is 70.7 Å². The predicted molar refractivity (Wildman–Crippen MR) is 150 cm³/mol. The van der Waals surface area contributed by atoms with Crippen LogP contribution in [-0.2, 0) is 36.8 Å². The Bertz CT molecular complexity index is 1280. The van der Waals surface area contributed by atoms with Gasteiger partial charge < -0.3 is 19.5 Å². The maximum Gasteiger partial charge on any atom is 0.413 e. The van der Waals surface area contributed by atoms with Gasteiger partial charge in [0.25, 0.3) is 0 Å². The van der Waals surface area contributed by atoms with Crippen molar-refractivity contribution in [3.63, 3.8) is 0 Å². The first kappa shape index (κ1) is 28.8. The van der Waals surface area contributed by atoms with E-state index in [1.54, 1.807) is 27.7 Å². The van der Waals surface area contributed by atoms with Gasteiger partial charge in [0.15, 0.2) is 6.23 Å². The van der Waals surface area contributed by atoms with Crippen LogP contribution in [0.4, 0.5) is 4.79 Å². The molecule has 4 rings (SSSR count). The van der Waals surface area contributed by atoms with Crippen LogP contribution < -0.4 is 5.32 Å². The van der Waals surface area contributed by atoms with Crippen LogP contribution in [-0.4, -0.2) is 46.7 Å². The molecule has 210 valence electrons. The van der Waals surface area contributed by atoms with E-state index in [0.717, 1.165) is 11.1 Å². The molecule has 0 spiro atoms. The van der Waals surface area contributed by atoms with Crippen molar-refractivity contribution in [3.8, 4) is 0 Å². The summed E-state index contributed by atoms with van der Waals surface area (Å²) in [6.07, 6.45) is -1.99. The lowest BCUT2D eigenvalue weighted by atomic mass is 10.0. The fourth-order valence-electron chi connectivity index (χ4n) is 4.59. The molecule has 8 heteroatoms. The molecule has 1 N–H and O–H groups in total. The Hall–Kier alpha value is -4.17. The van der Waals surface area contributed by atoms with Crippen LogP contribution in [0.15, 0.2) is 91.0 Å². The standard InChI is InChI=1S/C32H36N2O6/c1-22-27(28(35)33-26(30(36)40-32(2,3)4)20-23-14-8-5-9-15-23)34(29(39-22)25-18-12-7-13-19-25)31(37)38-21-24-16-10-6-11-17-24/h5-19,22,26-27,29H,20-21H2,1-4H3,(H,33,35)/t22-,26+,27+,29+/m1/s1. The minimum atomic E-state index is -1.05. The average molecular weight is 545 g/mol. The first-order valence-corrected chi connectivity index (χ1v) is 13.4. The van der Waals surface area contributed by atoms with E-state index in [-0.39, 0.29) is 13.0 Å². The molecule has 2 amide bonds. The Morgan fingerprint density at radius 3 is 2.00 bits per heavy atom. The van der Waals surface area contributed by atoms with Crippen molar-refractivity contribution in [2.75, 3.05) is 0 Å². The first-order chi connectivity index (χ1) is 19.1. The summed E-state index contributed by atoms with van der Waals surface area (Å²) in [5, 5.41) is 2.85. The third-order valence-electron chi connectivity index (χ3n) is 6.40. The van der Waals surface area contributed by atoms with Crippen molar-refractivity contribution in [1.29, 1.82) is 0 Å². The van der Waals surface area contributed by atoms with E-state index in [1.807, 2.05) is 91.0 Å². The molecule has 40 heavy (non-hydrogen) atoms. The van der Waals surface area contributed by atoms with Gasteiger partial charge in [-0.25, -0.2) is 9.59 Å². The molecule has 0 unspecified atom stereocenters. The molecule has 8 nitrogen and oxygen atoms in total. The van der Waals surface area contributed by atoms with Gasteiger partial charge in [-0.2, -0.15) is 0 Å². The van der Waals surface area contributed by atoms with Gasteiger partial charge in [-0.15, -0.1) is 0 Å². The summed E-state index contributed by atoms with van der Waals surface area (Å²) in [4.78, 5) is 41.9. The van der Waals surface area contributed by atoms with E-state index in [1.165, 1.54) is 4.90 Å². The second kappa shape index (κ2) is 12.8. The number of nitrogens with zero attached hydrogens (tertiary/aromatic N) is 1. The number of ether oxygens (including phenoxy) is 3. The highest BCUT2D eigenvalue weighted by atomic mass is 16.6. The summed E-state index contributed by atoms with van der Waals surface area (Å²) >= 11 is 0. The van der Waals surface area contributed by atoms with Gasteiger partial charge in [0.05, 0.1) is 6.10 Å². The lowest BCUT2D eigenvalue weighted by Gasteiger charge is -2.29. The zero-order valence-corrected chi connectivity index (χ0v) is 23.3. The molecule has 0 saturated carbocycles. The number of amides is 2. The fraction of sp³-hybridized carbons (Fsp3) is 0.344. The molecule has 0 aromatic heterocycles. The Morgan fingerprint density at radius 1 is 0.875 bits per heavy atom. The van der Waals surface area contributed by atoms with Gasteiger partial charge in [-0.3, -0.25) is 9.69 Å². The maximum atomic E-state index is 13.8. The minimum absolute atomic E-state index is 0.0367. The van der Waals surface area contributed by atoms with Gasteiger partial charge in [-0.1, -0.05) is 91.0 Å². The summed E-state index contributed by atoms with van der Waals surface area (Å²) in [5.74, 6) is -1.09. The molecule has 1 heterocycles. The lowest BCUT2D eigenvalue weighted by molar-refractivity contribution is -0.158. The largest absolute Gasteiger partial charge is 0.458 e. The molecule has 3 aromatic rings. The van der Waals surface area contributed by atoms with E-state index in [4.69, 9.17) is 14.2 Å². The number of carbonyl (C=O) groups excluding carboxylic acids is 3. The average Bonchev–Trinajstić information content (AvgIpc) is 3.29. The van der Waals surface area contributed by atoms with Gasteiger partial charge in [-0.05, 0) is 38.8 Å². The molecule has 1 fully saturated rings. The molecule has 3 aromatic carbocycles. The molecular weight excluding hydrogens is 508 g/mol. The Kier molecular flexibility index (Phi) is 9.22. The van der Waals surface area contributed by atoms with Gasteiger partial charge >= 0.3 is 12.1 Å². The monoisotopic (exact) mass is 544 g/mol. The van der Waals surface area contributed by atoms with Crippen molar-refractivity contribution < 1.29 is 28.6 Å². The summed E-state index contributed by atoms with van der Waals surface area (Å²) in [6, 6.07) is 25.8. The Labute approximate surface area is 235 Å². The van der Waals surface area contributed by atoms with Crippen molar-refractivity contribution in [3.05, 3.63) is 108 Å². The molecule has 0 radical (unpaired) electrons. The topological polar surface area (TPSA) is 94.2 Å². The summed E-state index contributed by atoms with van der Waals surface area (Å²) in [7, 11) is 0. The minimum Gasteiger partial charge on any atom is -0.458 e. The number of carbonyl (C=O) groups is 3. The van der Waals surface area contributed by atoms with Gasteiger partial charge in [0.2, 0.25) is 5.91 Å². The highest BCUT2D eigenvalue weighted by molar-refractivity contribution is 5.91. The summed E-state index contributed by atoms with van der Waals surface area (Å²) in [5.41, 5.74) is 1.63. The summed E-state index contributed by atoms with van der Waals surface area (Å²) in [6.45, 7) is 7.08. The van der Waals surface area contributed by atoms with Crippen LogP contribution in [0.25, 0.3) is 0 Å². The maximum absolute atomic E-state index is 13.8. The Morgan fingerprint density at radius 2 is 1.43 bits per heavy atom. The summed E-state index contributed by atoms with van der Waals surface area (Å²) < 4.78 is 17.4. The van der Waals surface area contributed by atoms with Crippen LogP contribution in [0.3, 0.4) is 0 Å². The van der Waals surface area contributed by atoms with Crippen molar-refractivity contribution in [1.82, 2.24) is 10.2 Å². The molecule has 1 aliphatic heterocycles. The van der Waals surface area contributed by atoms with Crippen LogP contribution >= 0.6 is 0 Å². The SMILES string of the molecule is C[C@H]1O[C@@H](c2ccccc2)N(C(=O)OCc2ccccc2)[C@@H]1C(=O)N[C@@H](Cc1ccccc1)C(=O)OC(C)(C)C. The number of nitrogens with one attached hydrogen (secondary N) is 1. The van der Waals surface area contributed by atoms with Crippen molar-refractivity contribution >= 4 is 18.0 Å². The van der Waals surface area contributed by atoms with Gasteiger partial charge in [0, 0.05) is 12.0 Å². The molecule has 1 aliphatic rings. The van der Waals surface area contributed by atoms with Crippen LogP contribution in [0.2, 0.25) is 0 Å². The van der Waals surface area contributed by atoms with Crippen molar-refractivity contribution in [2.24, 2.45) is 0 Å². The quantitative estimate of drug-likeness (QED) is 0.393. The number of benzene rings is 3. The van der Waals surface area contributed by atoms with E-state index < -0.39 is 48.0 Å². The fourth-order valence-corrected chi connectivity index (χ4v) is 4.59. The molecule has 0 bridgehead atoms. The zero-order chi connectivity index (χ0) is 28.7. The third kappa shape index (κ3) is 7.48. The number of hydrogen-bond donors (Lipinski definition) is 1. The molecule has 0 aliphatic carbocycles. The second-order valence-electron chi connectivity index (χ2n) is 10.8. The van der Waals surface area contributed by atoms with E-state index >= 15 is 0 Å². The van der Waals surface area contributed by atoms with Crippen LogP contribution in [0.1, 0.15) is 50.6 Å². The smallest absolute Gasteiger partial charge is 0.413 e. The second-order valence-corrected chi connectivity index (χ2v) is 10.8. The number of rotatable bonds is 8. The third-order valence-corrected chi connectivity index (χ3v) is 6.40. The number of hydrogen-bond acceptors (Lipinski definition) is 6. The van der Waals surface area contributed by atoms with Crippen LogP contribution in [0, 0.1) is 0 Å². The normalized spacial score (nSPS) is 19.5. The lowest BCUT2D eigenvalue weighted by Crippen LogP contribution is -2.55. The molecule has 1 saturated heterocycles. The molecular formula is C32H36N2O6. The number of esters is 1. The van der Waals surface area contributed by atoms with E-state index in [2.05, 4.69) is 5.32 Å². The zero-order valence-electron chi connectivity index (χ0n) is 23.3. The predicted octanol–water partition coefficient (Wildman–Crippen LogP) is 5.18. The Balaban J connectivity index is 1.59. The van der Waals surface area contributed by atoms with Gasteiger partial charge in [0.1, 0.15) is 24.3 Å². The van der Waals surface area contributed by atoms with Crippen LogP contribution in [0.5, 0.6) is 0 Å². The van der Waals surface area contributed by atoms with E-state index in [0.29, 0.717) is 5.56 Å².